The number of aliphatic imine (C=N–C) groups is 1. The van der Waals surface area contributed by atoms with Crippen molar-refractivity contribution in [2.24, 2.45) is 4.99 Å². The summed E-state index contributed by atoms with van der Waals surface area (Å²) < 4.78 is 5.65. The summed E-state index contributed by atoms with van der Waals surface area (Å²) in [5.41, 5.74) is 1.17. The summed E-state index contributed by atoms with van der Waals surface area (Å²) in [6.07, 6.45) is 1.52. The molecule has 0 radical (unpaired) electrons. The van der Waals surface area contributed by atoms with Gasteiger partial charge in [0.2, 0.25) is 5.91 Å². The van der Waals surface area contributed by atoms with Crippen molar-refractivity contribution in [1.82, 2.24) is 15.5 Å². The zero-order valence-electron chi connectivity index (χ0n) is 14.6. The lowest BCUT2D eigenvalue weighted by Crippen LogP contribution is -2.45. The number of hydrogen-bond donors (Lipinski definition) is 2. The van der Waals surface area contributed by atoms with Gasteiger partial charge in [0.05, 0.1) is 13.2 Å². The van der Waals surface area contributed by atoms with Crippen LogP contribution in [0.2, 0.25) is 0 Å². The highest BCUT2D eigenvalue weighted by atomic mass is 16.5. The molecule has 1 aromatic carbocycles. The maximum Gasteiger partial charge on any atom is 0.222 e. The van der Waals surface area contributed by atoms with Gasteiger partial charge in [-0.05, 0) is 12.0 Å². The van der Waals surface area contributed by atoms with Gasteiger partial charge >= 0.3 is 0 Å². The van der Waals surface area contributed by atoms with Gasteiger partial charge in [0, 0.05) is 39.1 Å². The van der Waals surface area contributed by atoms with E-state index in [1.165, 1.54) is 5.56 Å². The van der Waals surface area contributed by atoms with Crippen molar-refractivity contribution in [2.45, 2.75) is 32.4 Å². The lowest BCUT2D eigenvalue weighted by molar-refractivity contribution is -0.129. The van der Waals surface area contributed by atoms with Crippen LogP contribution >= 0.6 is 0 Å². The topological polar surface area (TPSA) is 66.0 Å². The van der Waals surface area contributed by atoms with Crippen LogP contribution in [0.15, 0.2) is 35.3 Å². The minimum atomic E-state index is 0.219. The molecule has 0 bridgehead atoms. The van der Waals surface area contributed by atoms with E-state index in [4.69, 9.17) is 4.74 Å². The molecule has 1 atom stereocenters. The molecule has 0 aliphatic carbocycles. The minimum Gasteiger partial charge on any atom is -0.375 e. The number of carbonyl (C=O) groups excluding carboxylic acids is 1. The second-order valence-corrected chi connectivity index (χ2v) is 5.86. The monoisotopic (exact) mass is 332 g/mol. The summed E-state index contributed by atoms with van der Waals surface area (Å²) in [7, 11) is 1.75. The van der Waals surface area contributed by atoms with Crippen LogP contribution in [0.25, 0.3) is 0 Å². The molecule has 1 heterocycles. The van der Waals surface area contributed by atoms with Crippen molar-refractivity contribution in [2.75, 3.05) is 33.3 Å². The molecule has 2 N–H and O–H groups in total. The molecule has 1 unspecified atom stereocenters. The molecule has 1 saturated heterocycles. The van der Waals surface area contributed by atoms with Crippen LogP contribution in [0.5, 0.6) is 0 Å². The van der Waals surface area contributed by atoms with E-state index in [2.05, 4.69) is 27.8 Å². The first-order chi connectivity index (χ1) is 11.7. The van der Waals surface area contributed by atoms with E-state index in [-0.39, 0.29) is 11.9 Å². The first-order valence-electron chi connectivity index (χ1n) is 8.59. The Morgan fingerprint density at radius 2 is 2.17 bits per heavy atom. The summed E-state index contributed by atoms with van der Waals surface area (Å²) >= 11 is 0. The van der Waals surface area contributed by atoms with Crippen LogP contribution in [0.4, 0.5) is 0 Å². The highest BCUT2D eigenvalue weighted by molar-refractivity contribution is 5.80. The van der Waals surface area contributed by atoms with E-state index in [0.29, 0.717) is 26.2 Å². The lowest BCUT2D eigenvalue weighted by atomic mass is 10.2. The predicted octanol–water partition coefficient (Wildman–Crippen LogP) is 1.38. The average molecular weight is 332 g/mol. The fourth-order valence-corrected chi connectivity index (χ4v) is 2.72. The van der Waals surface area contributed by atoms with Crippen molar-refractivity contribution in [3.05, 3.63) is 35.9 Å². The lowest BCUT2D eigenvalue weighted by Gasteiger charge is -2.18. The van der Waals surface area contributed by atoms with Gasteiger partial charge in [-0.15, -0.1) is 0 Å². The van der Waals surface area contributed by atoms with E-state index in [0.717, 1.165) is 25.5 Å². The Kier molecular flexibility index (Phi) is 7.55. The first-order valence-corrected chi connectivity index (χ1v) is 8.59. The van der Waals surface area contributed by atoms with E-state index >= 15 is 0 Å². The molecule has 0 spiro atoms. The Labute approximate surface area is 144 Å². The normalized spacial score (nSPS) is 17.8. The number of nitrogens with one attached hydrogen (secondary N) is 2. The molecule has 2 rings (SSSR count). The molecule has 6 nitrogen and oxygen atoms in total. The fraction of sp³-hybridized carbons (Fsp3) is 0.556. The molecule has 132 valence electrons. The van der Waals surface area contributed by atoms with E-state index in [1.54, 1.807) is 7.05 Å². The highest BCUT2D eigenvalue weighted by Crippen LogP contribution is 2.10. The van der Waals surface area contributed by atoms with Crippen molar-refractivity contribution in [3.8, 4) is 0 Å². The van der Waals surface area contributed by atoms with Crippen LogP contribution in [0.3, 0.4) is 0 Å². The molecule has 1 aromatic rings. The third kappa shape index (κ3) is 5.85. The fourth-order valence-electron chi connectivity index (χ4n) is 2.72. The van der Waals surface area contributed by atoms with Gasteiger partial charge < -0.3 is 20.3 Å². The maximum atomic E-state index is 11.7. The van der Waals surface area contributed by atoms with Gasteiger partial charge in [-0.3, -0.25) is 9.79 Å². The predicted molar refractivity (Wildman–Crippen MR) is 95.9 cm³/mol. The van der Waals surface area contributed by atoms with Gasteiger partial charge in [0.25, 0.3) is 0 Å². The Hall–Kier alpha value is -2.08. The average Bonchev–Trinajstić information content (AvgIpc) is 3.09. The summed E-state index contributed by atoms with van der Waals surface area (Å²) in [5, 5.41) is 6.62. The van der Waals surface area contributed by atoms with Gasteiger partial charge in [-0.1, -0.05) is 37.3 Å². The summed E-state index contributed by atoms with van der Waals surface area (Å²) in [4.78, 5) is 17.9. The number of likely N-dealkylation sites (tertiary alicyclic amines) is 1. The maximum absolute atomic E-state index is 11.7. The molecule has 1 aliphatic heterocycles. The van der Waals surface area contributed by atoms with Crippen molar-refractivity contribution >= 4 is 11.9 Å². The van der Waals surface area contributed by atoms with Crippen molar-refractivity contribution in [1.29, 1.82) is 0 Å². The molecule has 0 aromatic heterocycles. The van der Waals surface area contributed by atoms with Gasteiger partial charge in [0.15, 0.2) is 5.96 Å². The summed E-state index contributed by atoms with van der Waals surface area (Å²) in [6, 6.07) is 10.4. The first kappa shape index (κ1) is 18.3. The third-order valence-corrected chi connectivity index (χ3v) is 4.06. The standard InChI is InChI=1S/C18H28N4O2/c1-3-17(23)22-11-9-16(13-22)21-18(19-2)20-10-12-24-14-15-7-5-4-6-8-15/h4-8,16H,3,9-14H2,1-2H3,(H2,19,20,21). The molecular weight excluding hydrogens is 304 g/mol. The van der Waals surface area contributed by atoms with Crippen LogP contribution in [0.1, 0.15) is 25.3 Å². The molecule has 1 aliphatic rings. The van der Waals surface area contributed by atoms with Gasteiger partial charge in [0.1, 0.15) is 0 Å². The Morgan fingerprint density at radius 3 is 2.88 bits per heavy atom. The second kappa shape index (κ2) is 9.93. The number of ether oxygens (including phenoxy) is 1. The van der Waals surface area contributed by atoms with Crippen molar-refractivity contribution in [3.63, 3.8) is 0 Å². The number of nitrogens with zero attached hydrogens (tertiary/aromatic N) is 2. The third-order valence-electron chi connectivity index (χ3n) is 4.06. The number of benzene rings is 1. The van der Waals surface area contributed by atoms with Crippen LogP contribution < -0.4 is 10.6 Å². The van der Waals surface area contributed by atoms with Crippen LogP contribution in [-0.2, 0) is 16.1 Å². The molecule has 6 heteroatoms. The van der Waals surface area contributed by atoms with Crippen molar-refractivity contribution < 1.29 is 9.53 Å². The zero-order valence-corrected chi connectivity index (χ0v) is 14.6. The second-order valence-electron chi connectivity index (χ2n) is 5.86. The minimum absolute atomic E-state index is 0.219. The molecule has 0 saturated carbocycles. The van der Waals surface area contributed by atoms with Gasteiger partial charge in [-0.25, -0.2) is 0 Å². The Morgan fingerprint density at radius 1 is 1.38 bits per heavy atom. The summed E-state index contributed by atoms with van der Waals surface area (Å²) in [6.45, 7) is 5.39. The SMILES string of the molecule is CCC(=O)N1CCC(NC(=NC)NCCOCc2ccccc2)C1. The van der Waals surface area contributed by atoms with E-state index in [1.807, 2.05) is 30.0 Å². The van der Waals surface area contributed by atoms with E-state index < -0.39 is 0 Å². The summed E-state index contributed by atoms with van der Waals surface area (Å²) in [5.74, 6) is 0.977. The number of amides is 1. The van der Waals surface area contributed by atoms with Crippen LogP contribution in [0, 0.1) is 0 Å². The smallest absolute Gasteiger partial charge is 0.222 e. The Balaban J connectivity index is 1.62. The molecule has 1 fully saturated rings. The zero-order chi connectivity index (χ0) is 17.2. The highest BCUT2D eigenvalue weighted by Gasteiger charge is 2.25. The number of hydrogen-bond acceptors (Lipinski definition) is 3. The van der Waals surface area contributed by atoms with Gasteiger partial charge in [-0.2, -0.15) is 0 Å². The largest absolute Gasteiger partial charge is 0.375 e. The number of rotatable bonds is 7. The Bertz CT molecular complexity index is 533. The number of carbonyl (C=O) groups is 1. The van der Waals surface area contributed by atoms with Crippen LogP contribution in [-0.4, -0.2) is 56.1 Å². The van der Waals surface area contributed by atoms with E-state index in [9.17, 15) is 4.79 Å². The molecular formula is C18H28N4O2. The quantitative estimate of drug-likeness (QED) is 0.450. The molecule has 1 amide bonds. The number of guanidine groups is 1. The molecule has 24 heavy (non-hydrogen) atoms.